The number of hydrogen-bond acceptors (Lipinski definition) is 2. The van der Waals surface area contributed by atoms with Gasteiger partial charge in [0.15, 0.2) is 11.6 Å². The van der Waals surface area contributed by atoms with Gasteiger partial charge in [0, 0.05) is 32.2 Å². The van der Waals surface area contributed by atoms with E-state index in [-0.39, 0.29) is 11.9 Å². The molecule has 2 aromatic rings. The summed E-state index contributed by atoms with van der Waals surface area (Å²) in [7, 11) is 0. The first-order valence-corrected chi connectivity index (χ1v) is 9.08. The minimum atomic E-state index is -0.840. The molecule has 2 aromatic carbocycles. The van der Waals surface area contributed by atoms with Gasteiger partial charge in [-0.2, -0.15) is 0 Å². The van der Waals surface area contributed by atoms with Crippen LogP contribution < -0.4 is 0 Å². The number of carbonyl (C=O) groups excluding carboxylic acids is 1. The van der Waals surface area contributed by atoms with E-state index < -0.39 is 11.6 Å². The van der Waals surface area contributed by atoms with Gasteiger partial charge in [-0.25, -0.2) is 8.78 Å². The minimum Gasteiger partial charge on any atom is -0.337 e. The number of hydrogen-bond donors (Lipinski definition) is 0. The summed E-state index contributed by atoms with van der Waals surface area (Å²) < 4.78 is 26.7. The van der Waals surface area contributed by atoms with Crippen molar-refractivity contribution in [3.05, 3.63) is 70.2 Å². The van der Waals surface area contributed by atoms with Gasteiger partial charge in [0.25, 0.3) is 5.91 Å². The second-order valence-corrected chi connectivity index (χ2v) is 6.92. The lowest BCUT2D eigenvalue weighted by Gasteiger charge is -2.28. The van der Waals surface area contributed by atoms with E-state index in [0.717, 1.165) is 24.6 Å². The van der Waals surface area contributed by atoms with E-state index in [4.69, 9.17) is 11.6 Å². The first-order chi connectivity index (χ1) is 12.5. The van der Waals surface area contributed by atoms with E-state index in [1.54, 1.807) is 35.2 Å². The number of rotatable bonds is 3. The third-order valence-corrected chi connectivity index (χ3v) is 5.23. The normalized spacial score (nSPS) is 17.0. The maximum absolute atomic E-state index is 13.5. The molecular weight excluding hydrogens is 358 g/mol. The average molecular weight is 379 g/mol. The molecule has 0 aliphatic carbocycles. The highest BCUT2D eigenvalue weighted by Crippen LogP contribution is 2.24. The van der Waals surface area contributed by atoms with Crippen molar-refractivity contribution < 1.29 is 13.6 Å². The molecule has 1 aliphatic rings. The van der Waals surface area contributed by atoms with Crippen molar-refractivity contribution in [3.63, 3.8) is 0 Å². The zero-order chi connectivity index (χ0) is 18.7. The van der Waals surface area contributed by atoms with Crippen LogP contribution in [0.3, 0.4) is 0 Å². The van der Waals surface area contributed by atoms with E-state index in [1.807, 2.05) is 6.92 Å². The predicted molar refractivity (Wildman–Crippen MR) is 98.3 cm³/mol. The highest BCUT2D eigenvalue weighted by molar-refractivity contribution is 6.33. The number of benzene rings is 2. The predicted octanol–water partition coefficient (Wildman–Crippen LogP) is 4.53. The topological polar surface area (TPSA) is 23.6 Å². The van der Waals surface area contributed by atoms with E-state index >= 15 is 0 Å². The Morgan fingerprint density at radius 3 is 2.54 bits per heavy atom. The van der Waals surface area contributed by atoms with Crippen LogP contribution in [-0.4, -0.2) is 41.9 Å². The molecule has 6 heteroatoms. The Bertz CT molecular complexity index is 799. The highest BCUT2D eigenvalue weighted by atomic mass is 35.5. The summed E-state index contributed by atoms with van der Waals surface area (Å²) in [6.07, 6.45) is 0.810. The Labute approximate surface area is 157 Å². The summed E-state index contributed by atoms with van der Waals surface area (Å²) in [6.45, 7) is 4.63. The zero-order valence-corrected chi connectivity index (χ0v) is 15.3. The number of carbonyl (C=O) groups is 1. The molecule has 1 heterocycles. The third-order valence-electron chi connectivity index (χ3n) is 4.90. The van der Waals surface area contributed by atoms with Crippen molar-refractivity contribution in [1.82, 2.24) is 9.80 Å². The Morgan fingerprint density at radius 1 is 1.04 bits per heavy atom. The monoisotopic (exact) mass is 378 g/mol. The molecule has 0 N–H and O–H groups in total. The van der Waals surface area contributed by atoms with E-state index in [0.29, 0.717) is 30.2 Å². The number of amides is 1. The molecule has 3 rings (SSSR count). The van der Waals surface area contributed by atoms with Gasteiger partial charge in [0.2, 0.25) is 0 Å². The van der Waals surface area contributed by atoms with Crippen molar-refractivity contribution in [2.24, 2.45) is 0 Å². The quantitative estimate of drug-likeness (QED) is 0.783. The van der Waals surface area contributed by atoms with Crippen LogP contribution in [0.4, 0.5) is 8.78 Å². The SMILES string of the molecule is CC(c1ccc(F)c(F)c1)N1CCCN(C(=O)c2ccccc2Cl)CC1. The highest BCUT2D eigenvalue weighted by Gasteiger charge is 2.24. The molecular formula is C20H21ClF2N2O. The van der Waals surface area contributed by atoms with Gasteiger partial charge in [0.1, 0.15) is 0 Å². The Hall–Kier alpha value is -1.98. The Balaban J connectivity index is 1.69. The molecule has 1 aliphatic heterocycles. The first kappa shape index (κ1) is 18.8. The smallest absolute Gasteiger partial charge is 0.255 e. The molecule has 0 spiro atoms. The van der Waals surface area contributed by atoms with Crippen molar-refractivity contribution in [2.45, 2.75) is 19.4 Å². The zero-order valence-electron chi connectivity index (χ0n) is 14.6. The van der Waals surface area contributed by atoms with Gasteiger partial charge in [-0.15, -0.1) is 0 Å². The van der Waals surface area contributed by atoms with Crippen molar-refractivity contribution >= 4 is 17.5 Å². The van der Waals surface area contributed by atoms with Gasteiger partial charge >= 0.3 is 0 Å². The van der Waals surface area contributed by atoms with E-state index in [1.165, 1.54) is 6.07 Å². The second kappa shape index (κ2) is 8.14. The fourth-order valence-corrected chi connectivity index (χ4v) is 3.53. The van der Waals surface area contributed by atoms with E-state index in [9.17, 15) is 13.6 Å². The second-order valence-electron chi connectivity index (χ2n) is 6.51. The van der Waals surface area contributed by atoms with Crippen molar-refractivity contribution in [3.8, 4) is 0 Å². The summed E-state index contributed by atoms with van der Waals surface area (Å²) >= 11 is 6.14. The Morgan fingerprint density at radius 2 is 1.81 bits per heavy atom. The molecule has 0 bridgehead atoms. The van der Waals surface area contributed by atoms with Gasteiger partial charge in [-0.05, 0) is 43.2 Å². The molecule has 1 atom stereocenters. The first-order valence-electron chi connectivity index (χ1n) is 8.70. The molecule has 1 fully saturated rings. The van der Waals surface area contributed by atoms with Crippen LogP contribution in [0.1, 0.15) is 35.3 Å². The minimum absolute atomic E-state index is 0.0551. The molecule has 0 aromatic heterocycles. The fraction of sp³-hybridized carbons (Fsp3) is 0.350. The van der Waals surface area contributed by atoms with Gasteiger partial charge in [-0.1, -0.05) is 29.8 Å². The molecule has 0 saturated carbocycles. The third kappa shape index (κ3) is 4.05. The van der Waals surface area contributed by atoms with Gasteiger partial charge in [-0.3, -0.25) is 9.69 Å². The molecule has 0 radical (unpaired) electrons. The van der Waals surface area contributed by atoms with Crippen LogP contribution in [0.5, 0.6) is 0 Å². The average Bonchev–Trinajstić information content (AvgIpc) is 2.89. The summed E-state index contributed by atoms with van der Waals surface area (Å²) in [5, 5.41) is 0.453. The molecule has 1 unspecified atom stereocenters. The van der Waals surface area contributed by atoms with Crippen LogP contribution >= 0.6 is 11.6 Å². The molecule has 1 saturated heterocycles. The molecule has 1 amide bonds. The number of nitrogens with zero attached hydrogens (tertiary/aromatic N) is 2. The van der Waals surface area contributed by atoms with Crippen LogP contribution in [0.2, 0.25) is 5.02 Å². The molecule has 138 valence electrons. The molecule has 3 nitrogen and oxygen atoms in total. The van der Waals surface area contributed by atoms with Crippen LogP contribution in [0.25, 0.3) is 0 Å². The summed E-state index contributed by atoms with van der Waals surface area (Å²) in [5.74, 6) is -1.74. The fourth-order valence-electron chi connectivity index (χ4n) is 3.32. The van der Waals surface area contributed by atoms with Gasteiger partial charge < -0.3 is 4.90 Å². The number of halogens is 3. The van der Waals surface area contributed by atoms with Crippen LogP contribution in [-0.2, 0) is 0 Å². The maximum atomic E-state index is 13.5. The summed E-state index contributed by atoms with van der Waals surface area (Å²) in [4.78, 5) is 16.7. The van der Waals surface area contributed by atoms with E-state index in [2.05, 4.69) is 4.90 Å². The van der Waals surface area contributed by atoms with Crippen molar-refractivity contribution in [1.29, 1.82) is 0 Å². The lowest BCUT2D eigenvalue weighted by molar-refractivity contribution is 0.0759. The van der Waals surface area contributed by atoms with Crippen LogP contribution in [0, 0.1) is 11.6 Å². The van der Waals surface area contributed by atoms with Gasteiger partial charge in [0.05, 0.1) is 10.6 Å². The summed E-state index contributed by atoms with van der Waals surface area (Å²) in [5.41, 5.74) is 1.24. The molecule has 26 heavy (non-hydrogen) atoms. The lowest BCUT2D eigenvalue weighted by Crippen LogP contribution is -2.36. The summed E-state index contributed by atoms with van der Waals surface area (Å²) in [6, 6.07) is 11.0. The Kier molecular flexibility index (Phi) is 5.89. The largest absolute Gasteiger partial charge is 0.337 e. The maximum Gasteiger partial charge on any atom is 0.255 e. The van der Waals surface area contributed by atoms with Crippen molar-refractivity contribution in [2.75, 3.05) is 26.2 Å². The van der Waals surface area contributed by atoms with Crippen LogP contribution in [0.15, 0.2) is 42.5 Å². The lowest BCUT2D eigenvalue weighted by atomic mass is 10.1. The standard InChI is InChI=1S/C20H21ClF2N2O/c1-14(15-7-8-18(22)19(23)13-15)24-9-4-10-25(12-11-24)20(26)16-5-2-3-6-17(16)21/h2-3,5-8,13-14H,4,9-12H2,1H3.